The molecule has 2 N–H and O–H groups in total. The van der Waals surface area contributed by atoms with Gasteiger partial charge in [-0.2, -0.15) is 0 Å². The van der Waals surface area contributed by atoms with Crippen molar-refractivity contribution < 1.29 is 18.3 Å². The number of benzene rings is 1. The van der Waals surface area contributed by atoms with Crippen LogP contribution in [0.3, 0.4) is 0 Å². The fraction of sp³-hybridized carbons (Fsp3) is 0.0769. The number of carboxylic acids is 1. The minimum absolute atomic E-state index is 0.107. The fourth-order valence-corrected chi connectivity index (χ4v) is 3.70. The smallest absolute Gasteiger partial charge is 0.335 e. The van der Waals surface area contributed by atoms with Crippen LogP contribution in [0.5, 0.6) is 0 Å². The maximum absolute atomic E-state index is 12.4. The zero-order valence-corrected chi connectivity index (χ0v) is 13.3. The number of halogens is 1. The second kappa shape index (κ2) is 5.82. The van der Waals surface area contributed by atoms with Gasteiger partial charge in [0.25, 0.3) is 10.0 Å². The van der Waals surface area contributed by atoms with E-state index < -0.39 is 16.0 Å². The number of carboxylic acid groups (broad SMARTS) is 1. The first-order chi connectivity index (χ1) is 9.79. The quantitative estimate of drug-likeness (QED) is 0.862. The highest BCUT2D eigenvalue weighted by molar-refractivity contribution is 9.10. The molecule has 110 valence electrons. The van der Waals surface area contributed by atoms with Gasteiger partial charge in [-0.05, 0) is 53.2 Å². The number of aryl methyl sites for hydroxylation is 1. The van der Waals surface area contributed by atoms with Gasteiger partial charge in [0.1, 0.15) is 4.90 Å². The van der Waals surface area contributed by atoms with Crippen LogP contribution in [0.25, 0.3) is 0 Å². The summed E-state index contributed by atoms with van der Waals surface area (Å²) in [4.78, 5) is 14.8. The average molecular weight is 371 g/mol. The normalized spacial score (nSPS) is 11.1. The molecule has 0 aliphatic heterocycles. The third kappa shape index (κ3) is 3.59. The molecule has 0 aliphatic rings. The molecule has 6 nitrogen and oxygen atoms in total. The van der Waals surface area contributed by atoms with E-state index in [0.29, 0.717) is 11.4 Å². The number of sulfonamides is 1. The van der Waals surface area contributed by atoms with Gasteiger partial charge in [-0.15, -0.1) is 0 Å². The first kappa shape index (κ1) is 15.5. The Balaban J connectivity index is 2.44. The van der Waals surface area contributed by atoms with Crippen LogP contribution >= 0.6 is 15.9 Å². The van der Waals surface area contributed by atoms with E-state index in [9.17, 15) is 13.2 Å². The number of rotatable bonds is 4. The number of carbonyl (C=O) groups is 1. The van der Waals surface area contributed by atoms with Crippen LogP contribution < -0.4 is 4.72 Å². The summed E-state index contributed by atoms with van der Waals surface area (Å²) >= 11 is 3.12. The first-order valence-electron chi connectivity index (χ1n) is 5.78. The molecule has 8 heteroatoms. The minimum Gasteiger partial charge on any atom is -0.478 e. The Morgan fingerprint density at radius 2 is 2.00 bits per heavy atom. The highest BCUT2D eigenvalue weighted by Crippen LogP contribution is 2.25. The zero-order chi connectivity index (χ0) is 15.6. The van der Waals surface area contributed by atoms with E-state index in [0.717, 1.165) is 6.07 Å². The average Bonchev–Trinajstić information content (AvgIpc) is 2.38. The molecule has 0 atom stereocenters. The largest absolute Gasteiger partial charge is 0.478 e. The first-order valence-corrected chi connectivity index (χ1v) is 8.05. The van der Waals surface area contributed by atoms with Crippen molar-refractivity contribution in [1.82, 2.24) is 4.98 Å². The molecule has 21 heavy (non-hydrogen) atoms. The van der Waals surface area contributed by atoms with Crippen LogP contribution in [0.2, 0.25) is 0 Å². The lowest BCUT2D eigenvalue weighted by Gasteiger charge is -2.10. The Kier molecular flexibility index (Phi) is 4.29. The van der Waals surface area contributed by atoms with E-state index in [4.69, 9.17) is 5.11 Å². The molecule has 1 aromatic carbocycles. The Bertz CT molecular complexity index is 806. The van der Waals surface area contributed by atoms with E-state index in [1.54, 1.807) is 13.0 Å². The van der Waals surface area contributed by atoms with Crippen molar-refractivity contribution in [3.63, 3.8) is 0 Å². The molecule has 1 aromatic heterocycles. The topological polar surface area (TPSA) is 96.4 Å². The maximum Gasteiger partial charge on any atom is 0.335 e. The second-order valence-electron chi connectivity index (χ2n) is 4.24. The van der Waals surface area contributed by atoms with Gasteiger partial charge in [0.2, 0.25) is 0 Å². The monoisotopic (exact) mass is 370 g/mol. The van der Waals surface area contributed by atoms with Gasteiger partial charge in [-0.25, -0.2) is 13.2 Å². The molecule has 0 saturated heterocycles. The van der Waals surface area contributed by atoms with E-state index in [1.165, 1.54) is 24.4 Å². The van der Waals surface area contributed by atoms with Crippen LogP contribution in [0.1, 0.15) is 16.1 Å². The van der Waals surface area contributed by atoms with Crippen LogP contribution in [0.15, 0.2) is 45.9 Å². The SMILES string of the molecule is Cc1cc(NS(=O)(=O)c2cc(C(=O)O)ccc2Br)ccn1. The zero-order valence-electron chi connectivity index (χ0n) is 10.9. The highest BCUT2D eigenvalue weighted by Gasteiger charge is 2.20. The van der Waals surface area contributed by atoms with Gasteiger partial charge < -0.3 is 5.11 Å². The van der Waals surface area contributed by atoms with Gasteiger partial charge >= 0.3 is 5.97 Å². The Labute approximate surface area is 130 Å². The Hall–Kier alpha value is -1.93. The molecule has 1 heterocycles. The molecular formula is C13H11BrN2O4S. The van der Waals surface area contributed by atoms with Crippen molar-refractivity contribution in [1.29, 1.82) is 0 Å². The van der Waals surface area contributed by atoms with Gasteiger partial charge in [0.05, 0.1) is 11.3 Å². The fourth-order valence-electron chi connectivity index (χ4n) is 1.66. The Morgan fingerprint density at radius 3 is 2.62 bits per heavy atom. The van der Waals surface area contributed by atoms with Crippen molar-refractivity contribution in [2.45, 2.75) is 11.8 Å². The van der Waals surface area contributed by atoms with Crippen LogP contribution in [0, 0.1) is 6.92 Å². The van der Waals surface area contributed by atoms with Crippen LogP contribution in [0.4, 0.5) is 5.69 Å². The molecule has 0 radical (unpaired) electrons. The van der Waals surface area contributed by atoms with Crippen molar-refractivity contribution in [2.75, 3.05) is 4.72 Å². The third-order valence-corrected chi connectivity index (χ3v) is 4.99. The number of hydrogen-bond donors (Lipinski definition) is 2. The predicted octanol–water partition coefficient (Wildman–Crippen LogP) is 2.65. The molecular weight excluding hydrogens is 360 g/mol. The summed E-state index contributed by atoms with van der Waals surface area (Å²) in [6.07, 6.45) is 1.48. The van der Waals surface area contributed by atoms with Crippen molar-refractivity contribution in [2.24, 2.45) is 0 Å². The van der Waals surface area contributed by atoms with E-state index >= 15 is 0 Å². The molecule has 0 fully saturated rings. The Morgan fingerprint density at radius 1 is 1.29 bits per heavy atom. The number of nitrogens with one attached hydrogen (secondary N) is 1. The van der Waals surface area contributed by atoms with Gasteiger partial charge in [0.15, 0.2) is 0 Å². The highest BCUT2D eigenvalue weighted by atomic mass is 79.9. The second-order valence-corrected chi connectivity index (χ2v) is 6.75. The minimum atomic E-state index is -3.90. The third-order valence-electron chi connectivity index (χ3n) is 2.62. The molecule has 2 rings (SSSR count). The summed E-state index contributed by atoms with van der Waals surface area (Å²) in [5.74, 6) is -1.20. The van der Waals surface area contributed by atoms with E-state index in [-0.39, 0.29) is 14.9 Å². The summed E-state index contributed by atoms with van der Waals surface area (Å²) in [5, 5.41) is 8.95. The van der Waals surface area contributed by atoms with E-state index in [2.05, 4.69) is 25.6 Å². The molecule has 0 amide bonds. The van der Waals surface area contributed by atoms with E-state index in [1.807, 2.05) is 0 Å². The number of aromatic carboxylic acids is 1. The summed E-state index contributed by atoms with van der Waals surface area (Å²) in [6, 6.07) is 6.90. The molecule has 0 spiro atoms. The number of pyridine rings is 1. The van der Waals surface area contributed by atoms with Crippen molar-refractivity contribution >= 4 is 37.6 Å². The van der Waals surface area contributed by atoms with Crippen LogP contribution in [-0.4, -0.2) is 24.5 Å². The number of nitrogens with zero attached hydrogens (tertiary/aromatic N) is 1. The molecule has 0 unspecified atom stereocenters. The van der Waals surface area contributed by atoms with Gasteiger partial charge in [0, 0.05) is 16.4 Å². The van der Waals surface area contributed by atoms with Crippen molar-refractivity contribution in [3.05, 3.63) is 52.3 Å². The number of aromatic nitrogens is 1. The van der Waals surface area contributed by atoms with Gasteiger partial charge in [-0.3, -0.25) is 9.71 Å². The number of anilines is 1. The predicted molar refractivity (Wildman–Crippen MR) is 80.9 cm³/mol. The summed E-state index contributed by atoms with van der Waals surface area (Å²) < 4.78 is 27.4. The lowest BCUT2D eigenvalue weighted by atomic mass is 10.2. The number of hydrogen-bond acceptors (Lipinski definition) is 4. The molecule has 0 bridgehead atoms. The lowest BCUT2D eigenvalue weighted by molar-refractivity contribution is 0.0696. The van der Waals surface area contributed by atoms with Crippen molar-refractivity contribution in [3.8, 4) is 0 Å². The summed E-state index contributed by atoms with van der Waals surface area (Å²) in [7, 11) is -3.90. The molecule has 0 saturated carbocycles. The standard InChI is InChI=1S/C13H11BrN2O4S/c1-8-6-10(4-5-15-8)16-21(19,20)12-7-9(13(17)18)2-3-11(12)14/h2-7H,1H3,(H,15,16)(H,17,18). The maximum atomic E-state index is 12.4. The molecule has 2 aromatic rings. The van der Waals surface area contributed by atoms with Gasteiger partial charge in [-0.1, -0.05) is 0 Å². The lowest BCUT2D eigenvalue weighted by Crippen LogP contribution is -2.14. The summed E-state index contributed by atoms with van der Waals surface area (Å²) in [5.41, 5.74) is 0.910. The van der Waals surface area contributed by atoms with Crippen LogP contribution in [-0.2, 0) is 10.0 Å². The summed E-state index contributed by atoms with van der Waals surface area (Å²) in [6.45, 7) is 1.73. The molecule has 0 aliphatic carbocycles.